The number of hydrogen-bond acceptors (Lipinski definition) is 3. The molecule has 3 heteroatoms. The fourth-order valence-electron chi connectivity index (χ4n) is 3.25. The van der Waals surface area contributed by atoms with Crippen molar-refractivity contribution in [1.82, 2.24) is 10.2 Å². The summed E-state index contributed by atoms with van der Waals surface area (Å²) in [5, 5.41) is 13.6. The number of aryl methyl sites for hydroxylation is 1. The van der Waals surface area contributed by atoms with Crippen molar-refractivity contribution in [3.05, 3.63) is 29.3 Å². The third kappa shape index (κ3) is 3.53. The molecule has 1 heterocycles. The van der Waals surface area contributed by atoms with Gasteiger partial charge in [0.15, 0.2) is 0 Å². The molecule has 1 atom stereocenters. The molecule has 0 amide bonds. The molecule has 1 saturated carbocycles. The molecule has 2 aliphatic rings. The first-order valence-electron chi connectivity index (χ1n) is 7.95. The van der Waals surface area contributed by atoms with Gasteiger partial charge in [-0.2, -0.15) is 0 Å². The Balaban J connectivity index is 1.66. The Bertz CT molecular complexity index is 450. The molecule has 0 spiro atoms. The highest BCUT2D eigenvalue weighted by atomic mass is 16.3. The number of rotatable bonds is 5. The predicted molar refractivity (Wildman–Crippen MR) is 81.9 cm³/mol. The van der Waals surface area contributed by atoms with E-state index in [9.17, 15) is 5.11 Å². The van der Waals surface area contributed by atoms with E-state index < -0.39 is 0 Å². The lowest BCUT2D eigenvalue weighted by molar-refractivity contribution is 0.191. The van der Waals surface area contributed by atoms with Gasteiger partial charge in [-0.25, -0.2) is 0 Å². The summed E-state index contributed by atoms with van der Waals surface area (Å²) in [6.45, 7) is 6.50. The molecule has 1 saturated heterocycles. The maximum atomic E-state index is 10.1. The molecule has 1 aliphatic carbocycles. The molecule has 20 heavy (non-hydrogen) atoms. The molecule has 0 radical (unpaired) electrons. The van der Waals surface area contributed by atoms with Gasteiger partial charge in [-0.15, -0.1) is 0 Å². The first kappa shape index (κ1) is 13.9. The van der Waals surface area contributed by atoms with Gasteiger partial charge in [0.25, 0.3) is 0 Å². The molecule has 110 valence electrons. The molecular weight excluding hydrogens is 248 g/mol. The van der Waals surface area contributed by atoms with Gasteiger partial charge < -0.3 is 10.4 Å². The van der Waals surface area contributed by atoms with Crippen molar-refractivity contribution < 1.29 is 5.11 Å². The van der Waals surface area contributed by atoms with Crippen molar-refractivity contribution in [2.45, 2.75) is 45.2 Å². The van der Waals surface area contributed by atoms with Crippen LogP contribution in [0.5, 0.6) is 5.75 Å². The van der Waals surface area contributed by atoms with Gasteiger partial charge in [-0.05, 0) is 57.7 Å². The number of phenolic OH excluding ortho intramolecular Hbond substituents is 1. The van der Waals surface area contributed by atoms with Crippen LogP contribution in [0.2, 0.25) is 0 Å². The Hall–Kier alpha value is -1.06. The van der Waals surface area contributed by atoms with E-state index in [2.05, 4.69) is 23.2 Å². The fraction of sp³-hybridized carbons (Fsp3) is 0.647. The Kier molecular flexibility index (Phi) is 4.27. The van der Waals surface area contributed by atoms with E-state index >= 15 is 0 Å². The van der Waals surface area contributed by atoms with Gasteiger partial charge in [-0.3, -0.25) is 4.90 Å². The Morgan fingerprint density at radius 1 is 1.30 bits per heavy atom. The van der Waals surface area contributed by atoms with Crippen LogP contribution in [0.15, 0.2) is 18.2 Å². The largest absolute Gasteiger partial charge is 0.508 e. The normalized spacial score (nSPS) is 23.2. The lowest BCUT2D eigenvalue weighted by atomic mass is 9.98. The third-order valence-electron chi connectivity index (χ3n) is 4.56. The van der Waals surface area contributed by atoms with Crippen molar-refractivity contribution in [2.24, 2.45) is 5.92 Å². The van der Waals surface area contributed by atoms with Gasteiger partial charge in [-0.1, -0.05) is 17.7 Å². The van der Waals surface area contributed by atoms with Gasteiger partial charge in [0.05, 0.1) is 0 Å². The second-order valence-electron chi connectivity index (χ2n) is 6.51. The highest BCUT2D eigenvalue weighted by Gasteiger charge is 2.31. The van der Waals surface area contributed by atoms with Crippen LogP contribution in [-0.2, 0) is 6.54 Å². The van der Waals surface area contributed by atoms with Crippen LogP contribution in [0.3, 0.4) is 0 Å². The zero-order chi connectivity index (χ0) is 13.9. The Morgan fingerprint density at radius 3 is 2.85 bits per heavy atom. The van der Waals surface area contributed by atoms with Crippen LogP contribution >= 0.6 is 0 Å². The van der Waals surface area contributed by atoms with Crippen LogP contribution in [0, 0.1) is 12.8 Å². The van der Waals surface area contributed by atoms with E-state index in [1.54, 1.807) is 0 Å². The fourth-order valence-corrected chi connectivity index (χ4v) is 3.25. The highest BCUT2D eigenvalue weighted by Crippen LogP contribution is 2.31. The van der Waals surface area contributed by atoms with Crippen LogP contribution in [-0.4, -0.2) is 35.7 Å². The summed E-state index contributed by atoms with van der Waals surface area (Å²) in [4.78, 5) is 2.59. The molecule has 1 aromatic carbocycles. The maximum absolute atomic E-state index is 10.1. The first-order chi connectivity index (χ1) is 9.72. The quantitative estimate of drug-likeness (QED) is 0.866. The van der Waals surface area contributed by atoms with Crippen LogP contribution < -0.4 is 5.32 Å². The minimum Gasteiger partial charge on any atom is -0.508 e. The molecule has 2 fully saturated rings. The molecule has 1 aromatic rings. The van der Waals surface area contributed by atoms with E-state index in [-0.39, 0.29) is 0 Å². The van der Waals surface area contributed by atoms with E-state index in [0.717, 1.165) is 30.6 Å². The zero-order valence-electron chi connectivity index (χ0n) is 12.4. The topological polar surface area (TPSA) is 35.5 Å². The SMILES string of the molecule is Cc1ccc(O)c(CN(CC2CCCNC2)C2CC2)c1. The number of phenols is 1. The summed E-state index contributed by atoms with van der Waals surface area (Å²) < 4.78 is 0. The van der Waals surface area contributed by atoms with Gasteiger partial charge in [0, 0.05) is 24.7 Å². The standard InChI is InChI=1S/C17H26N2O/c1-13-4-7-17(20)15(9-13)12-19(16-5-6-16)11-14-3-2-8-18-10-14/h4,7,9,14,16,18,20H,2-3,5-6,8,10-12H2,1H3. The summed E-state index contributed by atoms with van der Waals surface area (Å²) in [5.74, 6) is 1.22. The van der Waals surface area contributed by atoms with Crippen molar-refractivity contribution in [3.63, 3.8) is 0 Å². The first-order valence-corrected chi connectivity index (χ1v) is 7.95. The molecule has 0 bridgehead atoms. The molecule has 1 unspecified atom stereocenters. The minimum atomic E-state index is 0.447. The number of aromatic hydroxyl groups is 1. The lowest BCUT2D eigenvalue weighted by Crippen LogP contribution is -2.39. The van der Waals surface area contributed by atoms with Crippen LogP contribution in [0.25, 0.3) is 0 Å². The molecule has 3 nitrogen and oxygen atoms in total. The molecule has 0 aromatic heterocycles. The minimum absolute atomic E-state index is 0.447. The summed E-state index contributed by atoms with van der Waals surface area (Å²) in [7, 11) is 0. The average molecular weight is 274 g/mol. The molecule has 3 rings (SSSR count). The highest BCUT2D eigenvalue weighted by molar-refractivity contribution is 5.35. The number of nitrogens with one attached hydrogen (secondary N) is 1. The van der Waals surface area contributed by atoms with E-state index in [1.165, 1.54) is 44.3 Å². The van der Waals surface area contributed by atoms with E-state index in [1.807, 2.05) is 12.1 Å². The number of benzene rings is 1. The number of nitrogens with zero attached hydrogens (tertiary/aromatic N) is 1. The predicted octanol–water partition coefficient (Wildman–Crippen LogP) is 2.66. The van der Waals surface area contributed by atoms with Crippen molar-refractivity contribution >= 4 is 0 Å². The van der Waals surface area contributed by atoms with Crippen LogP contribution in [0.4, 0.5) is 0 Å². The lowest BCUT2D eigenvalue weighted by Gasteiger charge is -2.30. The number of hydrogen-bond donors (Lipinski definition) is 2. The monoisotopic (exact) mass is 274 g/mol. The van der Waals surface area contributed by atoms with Gasteiger partial charge in [0.1, 0.15) is 5.75 Å². The molecule has 2 N–H and O–H groups in total. The average Bonchev–Trinajstić information content (AvgIpc) is 3.28. The number of piperidine rings is 1. The maximum Gasteiger partial charge on any atom is 0.120 e. The van der Waals surface area contributed by atoms with Crippen molar-refractivity contribution in [1.29, 1.82) is 0 Å². The van der Waals surface area contributed by atoms with Gasteiger partial charge >= 0.3 is 0 Å². The molecular formula is C17H26N2O. The summed E-state index contributed by atoms with van der Waals surface area (Å²) >= 11 is 0. The van der Waals surface area contributed by atoms with Gasteiger partial charge in [0.2, 0.25) is 0 Å². The zero-order valence-corrected chi connectivity index (χ0v) is 12.4. The summed E-state index contributed by atoms with van der Waals surface area (Å²) in [6.07, 6.45) is 5.30. The van der Waals surface area contributed by atoms with Crippen molar-refractivity contribution in [3.8, 4) is 5.75 Å². The smallest absolute Gasteiger partial charge is 0.120 e. The summed E-state index contributed by atoms with van der Waals surface area (Å²) in [5.41, 5.74) is 2.31. The Labute approximate surface area is 122 Å². The van der Waals surface area contributed by atoms with E-state index in [0.29, 0.717) is 5.75 Å². The third-order valence-corrected chi connectivity index (χ3v) is 4.56. The Morgan fingerprint density at radius 2 is 2.15 bits per heavy atom. The van der Waals surface area contributed by atoms with Crippen molar-refractivity contribution in [2.75, 3.05) is 19.6 Å². The second kappa shape index (κ2) is 6.15. The second-order valence-corrected chi connectivity index (χ2v) is 6.51. The molecule has 1 aliphatic heterocycles. The van der Waals surface area contributed by atoms with Crippen LogP contribution in [0.1, 0.15) is 36.8 Å². The summed E-state index contributed by atoms with van der Waals surface area (Å²) in [6, 6.07) is 6.68. The van der Waals surface area contributed by atoms with E-state index in [4.69, 9.17) is 0 Å².